The van der Waals surface area contributed by atoms with E-state index in [0.717, 1.165) is 0 Å². The van der Waals surface area contributed by atoms with E-state index in [0.29, 0.717) is 20.9 Å². The summed E-state index contributed by atoms with van der Waals surface area (Å²) in [5.74, 6) is -1.90. The minimum Gasteiger partial charge on any atom is -0.478 e. The number of nitrogens with two attached hydrogens (primary N) is 1. The molecule has 1 aromatic heterocycles. The number of pyridine rings is 1. The van der Waals surface area contributed by atoms with Crippen molar-refractivity contribution < 1.29 is 19.4 Å². The first-order chi connectivity index (χ1) is 15.1. The summed E-state index contributed by atoms with van der Waals surface area (Å²) in [4.78, 5) is 29.6. The molecule has 2 heterocycles. The number of hydrogen-bond donors (Lipinski definition) is 2. The van der Waals surface area contributed by atoms with Crippen molar-refractivity contribution in [3.8, 4) is 5.75 Å². The van der Waals surface area contributed by atoms with Gasteiger partial charge in [0.1, 0.15) is 16.5 Å². The fourth-order valence-corrected chi connectivity index (χ4v) is 4.66. The Bertz CT molecular complexity index is 1160. The van der Waals surface area contributed by atoms with E-state index < -0.39 is 18.0 Å². The molecular formula is C20H14BrCl4N3O4. The minimum absolute atomic E-state index is 0.0214. The topological polar surface area (TPSA) is 106 Å². The number of carboxylic acid groups (broad SMARTS) is 1. The van der Waals surface area contributed by atoms with E-state index in [1.807, 2.05) is 0 Å². The summed E-state index contributed by atoms with van der Waals surface area (Å²) >= 11 is 28.0. The highest BCUT2D eigenvalue weighted by atomic mass is 79.9. The number of aromatic nitrogens is 1. The Morgan fingerprint density at radius 3 is 2.59 bits per heavy atom. The molecular weight excluding hydrogens is 568 g/mol. The van der Waals surface area contributed by atoms with Gasteiger partial charge in [0.2, 0.25) is 6.10 Å². The Hall–Kier alpha value is -1.97. The molecule has 1 amide bonds. The van der Waals surface area contributed by atoms with Crippen LogP contribution in [-0.4, -0.2) is 34.6 Å². The third-order valence-corrected chi connectivity index (χ3v) is 6.06. The summed E-state index contributed by atoms with van der Waals surface area (Å²) in [6.07, 6.45) is 1.51. The molecule has 2 aromatic rings. The van der Waals surface area contributed by atoms with Crippen molar-refractivity contribution in [3.05, 3.63) is 72.5 Å². The number of nitrogens with zero attached hydrogens (tertiary/aromatic N) is 2. The largest absolute Gasteiger partial charge is 0.478 e. The average molecular weight is 582 g/mol. The fraction of sp³-hybridized carbons (Fsp3) is 0.150. The molecule has 3 rings (SSSR count). The first kappa shape index (κ1) is 24.7. The zero-order chi connectivity index (χ0) is 23.6. The molecule has 1 aromatic carbocycles. The van der Waals surface area contributed by atoms with Crippen molar-refractivity contribution in [2.45, 2.75) is 12.5 Å². The summed E-state index contributed by atoms with van der Waals surface area (Å²) in [5, 5.41) is 10.5. The SMILES string of the molecule is NC(=O)c1c(N2CC(Br)=CC(Cl)=C2CC(Oc2ccc(Cl)cc2Cl)C(=O)O)ccnc1Cl. The molecule has 0 radical (unpaired) electrons. The molecule has 0 fully saturated rings. The van der Waals surface area contributed by atoms with Gasteiger partial charge >= 0.3 is 5.97 Å². The predicted octanol–water partition coefficient (Wildman–Crippen LogP) is 5.61. The van der Waals surface area contributed by atoms with Gasteiger partial charge in [0, 0.05) is 27.8 Å². The van der Waals surface area contributed by atoms with Gasteiger partial charge in [0.25, 0.3) is 5.91 Å². The normalized spacial score (nSPS) is 14.8. The number of primary amides is 1. The highest BCUT2D eigenvalue weighted by Crippen LogP contribution is 2.37. The van der Waals surface area contributed by atoms with Crippen LogP contribution in [0.25, 0.3) is 0 Å². The molecule has 0 bridgehead atoms. The van der Waals surface area contributed by atoms with Crippen LogP contribution >= 0.6 is 62.3 Å². The number of hydrogen-bond acceptors (Lipinski definition) is 5. The maximum atomic E-state index is 12.0. The average Bonchev–Trinajstić information content (AvgIpc) is 2.69. The first-order valence-electron chi connectivity index (χ1n) is 8.89. The molecule has 1 unspecified atom stereocenters. The van der Waals surface area contributed by atoms with Gasteiger partial charge < -0.3 is 20.5 Å². The molecule has 12 heteroatoms. The standard InChI is InChI=1S/C20H14BrCl4N3O4/c21-9-5-11(23)14(28(8-9)13-3-4-27-18(25)17(13)19(26)29)7-16(20(30)31)32-15-2-1-10(22)6-12(15)24/h1-6,16H,7-8H2,(H2,26,29)(H,30,31). The van der Waals surface area contributed by atoms with Crippen LogP contribution in [0.2, 0.25) is 15.2 Å². The van der Waals surface area contributed by atoms with Gasteiger partial charge in [-0.05, 0) is 30.3 Å². The second-order valence-corrected chi connectivity index (χ2v) is 9.18. The van der Waals surface area contributed by atoms with Crippen molar-refractivity contribution in [1.29, 1.82) is 0 Å². The van der Waals surface area contributed by atoms with E-state index in [-0.39, 0.29) is 39.5 Å². The Kier molecular flexibility index (Phi) is 7.95. The fourth-order valence-electron chi connectivity index (χ4n) is 3.04. The Morgan fingerprint density at radius 1 is 1.25 bits per heavy atom. The smallest absolute Gasteiger partial charge is 0.345 e. The molecule has 32 heavy (non-hydrogen) atoms. The number of carbonyl (C=O) groups is 2. The molecule has 1 aliphatic rings. The lowest BCUT2D eigenvalue weighted by atomic mass is 10.1. The van der Waals surface area contributed by atoms with E-state index in [2.05, 4.69) is 20.9 Å². The van der Waals surface area contributed by atoms with Gasteiger partial charge in [0.05, 0.1) is 22.3 Å². The van der Waals surface area contributed by atoms with Crippen LogP contribution in [0, 0.1) is 0 Å². The lowest BCUT2D eigenvalue weighted by molar-refractivity contribution is -0.145. The summed E-state index contributed by atoms with van der Waals surface area (Å²) in [6, 6.07) is 5.97. The summed E-state index contributed by atoms with van der Waals surface area (Å²) in [5.41, 5.74) is 6.18. The van der Waals surface area contributed by atoms with Crippen LogP contribution in [0.3, 0.4) is 0 Å². The van der Waals surface area contributed by atoms with Gasteiger partial charge in [-0.1, -0.05) is 62.3 Å². The zero-order valence-electron chi connectivity index (χ0n) is 16.0. The van der Waals surface area contributed by atoms with E-state index in [9.17, 15) is 14.7 Å². The number of allylic oxidation sites excluding steroid dienone is 2. The van der Waals surface area contributed by atoms with Gasteiger partial charge in [-0.15, -0.1) is 0 Å². The third-order valence-electron chi connectivity index (χ3n) is 4.43. The van der Waals surface area contributed by atoms with Crippen molar-refractivity contribution in [2.24, 2.45) is 5.73 Å². The van der Waals surface area contributed by atoms with Crippen LogP contribution in [0.1, 0.15) is 16.8 Å². The Balaban J connectivity index is 2.02. The first-order valence-corrected chi connectivity index (χ1v) is 11.2. The van der Waals surface area contributed by atoms with Crippen molar-refractivity contribution in [1.82, 2.24) is 4.98 Å². The second-order valence-electron chi connectivity index (χ2n) is 6.56. The highest BCUT2D eigenvalue weighted by molar-refractivity contribution is 9.11. The molecule has 0 aliphatic carbocycles. The van der Waals surface area contributed by atoms with E-state index in [1.54, 1.807) is 11.0 Å². The van der Waals surface area contributed by atoms with Gasteiger partial charge in [-0.3, -0.25) is 4.79 Å². The van der Waals surface area contributed by atoms with Crippen LogP contribution < -0.4 is 15.4 Å². The van der Waals surface area contributed by atoms with Crippen molar-refractivity contribution in [2.75, 3.05) is 11.4 Å². The number of ether oxygens (including phenoxy) is 1. The molecule has 7 nitrogen and oxygen atoms in total. The molecule has 1 aliphatic heterocycles. The van der Waals surface area contributed by atoms with Crippen molar-refractivity contribution in [3.63, 3.8) is 0 Å². The van der Waals surface area contributed by atoms with Gasteiger partial charge in [-0.25, -0.2) is 9.78 Å². The number of halogens is 5. The molecule has 1 atom stereocenters. The maximum absolute atomic E-state index is 12.0. The van der Waals surface area contributed by atoms with E-state index in [4.69, 9.17) is 56.9 Å². The monoisotopic (exact) mass is 579 g/mol. The summed E-state index contributed by atoms with van der Waals surface area (Å²) < 4.78 is 6.34. The number of aliphatic carboxylic acids is 1. The number of amides is 1. The maximum Gasteiger partial charge on any atom is 0.345 e. The van der Waals surface area contributed by atoms with Crippen LogP contribution in [0.4, 0.5) is 5.69 Å². The summed E-state index contributed by atoms with van der Waals surface area (Å²) in [7, 11) is 0. The van der Waals surface area contributed by atoms with Crippen LogP contribution in [-0.2, 0) is 4.79 Å². The van der Waals surface area contributed by atoms with Crippen LogP contribution in [0.15, 0.2) is 51.8 Å². The Labute approximate surface area is 211 Å². The second kappa shape index (κ2) is 10.3. The molecule has 3 N–H and O–H groups in total. The lowest BCUT2D eigenvalue weighted by Crippen LogP contribution is -2.35. The predicted molar refractivity (Wildman–Crippen MR) is 128 cm³/mol. The third kappa shape index (κ3) is 5.50. The number of benzene rings is 1. The Morgan fingerprint density at radius 2 is 1.97 bits per heavy atom. The quantitative estimate of drug-likeness (QED) is 0.412. The van der Waals surface area contributed by atoms with Crippen molar-refractivity contribution >= 4 is 79.9 Å². The molecule has 0 saturated heterocycles. The van der Waals surface area contributed by atoms with Crippen LogP contribution in [0.5, 0.6) is 5.75 Å². The zero-order valence-corrected chi connectivity index (χ0v) is 20.6. The lowest BCUT2D eigenvalue weighted by Gasteiger charge is -2.33. The number of carboxylic acids is 1. The molecule has 168 valence electrons. The van der Waals surface area contributed by atoms with Gasteiger partial charge in [0.15, 0.2) is 0 Å². The number of carbonyl (C=O) groups excluding carboxylic acids is 1. The van der Waals surface area contributed by atoms with E-state index in [1.165, 1.54) is 30.5 Å². The molecule has 0 saturated carbocycles. The number of anilines is 1. The minimum atomic E-state index is -1.36. The highest BCUT2D eigenvalue weighted by Gasteiger charge is 2.31. The van der Waals surface area contributed by atoms with E-state index >= 15 is 0 Å². The number of rotatable bonds is 7. The molecule has 0 spiro atoms. The summed E-state index contributed by atoms with van der Waals surface area (Å²) in [6.45, 7) is 0.236. The van der Waals surface area contributed by atoms with Gasteiger partial charge in [-0.2, -0.15) is 0 Å².